The molecule has 0 amide bonds. The van der Waals surface area contributed by atoms with Crippen LogP contribution in [0.25, 0.3) is 0 Å². The van der Waals surface area contributed by atoms with E-state index in [9.17, 15) is 12.8 Å². The van der Waals surface area contributed by atoms with E-state index in [4.69, 9.17) is 4.74 Å². The van der Waals surface area contributed by atoms with Crippen molar-refractivity contribution in [2.45, 2.75) is 36.9 Å². The number of rotatable bonds is 4. The molecule has 0 radical (unpaired) electrons. The van der Waals surface area contributed by atoms with E-state index in [2.05, 4.69) is 12.2 Å². The second-order valence-electron chi connectivity index (χ2n) is 7.46. The van der Waals surface area contributed by atoms with E-state index in [-0.39, 0.29) is 30.0 Å². The Bertz CT molecular complexity index is 1030. The molecule has 6 heteroatoms. The van der Waals surface area contributed by atoms with Crippen molar-refractivity contribution >= 4 is 10.0 Å². The molecule has 1 heterocycles. The first-order valence-corrected chi connectivity index (χ1v) is 11.2. The Morgan fingerprint density at radius 1 is 1.03 bits per heavy atom. The lowest BCUT2D eigenvalue weighted by Crippen LogP contribution is -2.44. The molecule has 2 unspecified atom stereocenters. The minimum Gasteiger partial charge on any atom is -0.375 e. The molecular weight excluding hydrogens is 389 g/mol. The summed E-state index contributed by atoms with van der Waals surface area (Å²) in [7, 11) is -4.04. The highest BCUT2D eigenvalue weighted by Gasteiger charge is 2.36. The summed E-state index contributed by atoms with van der Waals surface area (Å²) in [5.41, 5.74) is 1.84. The molecule has 1 aliphatic heterocycles. The largest absolute Gasteiger partial charge is 0.375 e. The summed E-state index contributed by atoms with van der Waals surface area (Å²) in [4.78, 5) is -0.290. The topological polar surface area (TPSA) is 46.6 Å². The number of hydrogen-bond acceptors (Lipinski definition) is 3. The minimum atomic E-state index is -4.04. The van der Waals surface area contributed by atoms with Crippen LogP contribution in [-0.2, 0) is 27.9 Å². The molecule has 4 rings (SSSR count). The highest BCUT2D eigenvalue weighted by atomic mass is 32.2. The maximum absolute atomic E-state index is 14.4. The molecule has 0 spiro atoms. The fraction of sp³-hybridized carbons (Fsp3) is 0.304. The summed E-state index contributed by atoms with van der Waals surface area (Å²) in [5, 5.41) is 0. The number of fused-ring (bicyclic) bond motifs is 1. The van der Waals surface area contributed by atoms with Gasteiger partial charge in [0.2, 0.25) is 10.0 Å². The van der Waals surface area contributed by atoms with E-state index in [0.717, 1.165) is 17.5 Å². The zero-order valence-corrected chi connectivity index (χ0v) is 16.9. The van der Waals surface area contributed by atoms with Gasteiger partial charge in [-0.25, -0.2) is 12.8 Å². The van der Waals surface area contributed by atoms with Gasteiger partial charge in [0.15, 0.2) is 0 Å². The maximum atomic E-state index is 14.4. The zero-order valence-electron chi connectivity index (χ0n) is 16.1. The van der Waals surface area contributed by atoms with Gasteiger partial charge in [-0.15, -0.1) is 0 Å². The van der Waals surface area contributed by atoms with Gasteiger partial charge in [-0.05, 0) is 42.0 Å². The summed E-state index contributed by atoms with van der Waals surface area (Å²) in [6.07, 6.45) is 9.64. The van der Waals surface area contributed by atoms with E-state index < -0.39 is 15.8 Å². The molecule has 0 fully saturated rings. The SMILES string of the molecule is O=S(=O)(c1ccccc1F)N1Cc2ccccc2COCC1CC1C=CC=CC1. The van der Waals surface area contributed by atoms with Crippen LogP contribution in [0.3, 0.4) is 0 Å². The number of sulfonamides is 1. The van der Waals surface area contributed by atoms with Crippen molar-refractivity contribution in [3.8, 4) is 0 Å². The highest BCUT2D eigenvalue weighted by molar-refractivity contribution is 7.89. The molecule has 0 saturated carbocycles. The molecule has 2 atom stereocenters. The van der Waals surface area contributed by atoms with Gasteiger partial charge >= 0.3 is 0 Å². The van der Waals surface area contributed by atoms with Gasteiger partial charge in [0.25, 0.3) is 0 Å². The predicted octanol–water partition coefficient (Wildman–Crippen LogP) is 4.44. The molecule has 0 aromatic heterocycles. The van der Waals surface area contributed by atoms with Crippen LogP contribution in [0.2, 0.25) is 0 Å². The number of hydrogen-bond donors (Lipinski definition) is 0. The molecule has 2 aromatic carbocycles. The fourth-order valence-electron chi connectivity index (χ4n) is 3.94. The zero-order chi connectivity index (χ0) is 20.3. The second-order valence-corrected chi connectivity index (χ2v) is 9.32. The van der Waals surface area contributed by atoms with Crippen LogP contribution in [0, 0.1) is 11.7 Å². The third kappa shape index (κ3) is 4.34. The number of nitrogens with zero attached hydrogens (tertiary/aromatic N) is 1. The van der Waals surface area contributed by atoms with Gasteiger partial charge in [0.1, 0.15) is 10.7 Å². The van der Waals surface area contributed by atoms with Gasteiger partial charge in [-0.2, -0.15) is 4.31 Å². The molecule has 0 N–H and O–H groups in total. The van der Waals surface area contributed by atoms with Gasteiger partial charge in [-0.1, -0.05) is 60.7 Å². The van der Waals surface area contributed by atoms with Crippen LogP contribution in [0.5, 0.6) is 0 Å². The summed E-state index contributed by atoms with van der Waals surface area (Å²) in [6.45, 7) is 0.921. The summed E-state index contributed by atoms with van der Waals surface area (Å²) in [5.74, 6) is -0.510. The summed E-state index contributed by atoms with van der Waals surface area (Å²) < 4.78 is 48.8. The van der Waals surface area contributed by atoms with Crippen LogP contribution in [0.15, 0.2) is 77.7 Å². The first-order chi connectivity index (χ1) is 14.1. The molecule has 2 aromatic rings. The van der Waals surface area contributed by atoms with E-state index in [1.807, 2.05) is 36.4 Å². The minimum absolute atomic E-state index is 0.202. The lowest BCUT2D eigenvalue weighted by Gasteiger charge is -2.35. The quantitative estimate of drug-likeness (QED) is 0.745. The Kier molecular flexibility index (Phi) is 5.94. The van der Waals surface area contributed by atoms with E-state index in [1.165, 1.54) is 22.5 Å². The van der Waals surface area contributed by atoms with E-state index in [0.29, 0.717) is 13.0 Å². The number of ether oxygens (including phenoxy) is 1. The van der Waals surface area contributed by atoms with Gasteiger partial charge in [0.05, 0.1) is 13.2 Å². The Morgan fingerprint density at radius 2 is 1.79 bits per heavy atom. The van der Waals surface area contributed by atoms with Crippen LogP contribution in [-0.4, -0.2) is 25.4 Å². The highest BCUT2D eigenvalue weighted by Crippen LogP contribution is 2.30. The van der Waals surface area contributed by atoms with Crippen molar-refractivity contribution in [2.75, 3.05) is 6.61 Å². The van der Waals surface area contributed by atoms with Crippen LogP contribution in [0.1, 0.15) is 24.0 Å². The predicted molar refractivity (Wildman–Crippen MR) is 110 cm³/mol. The lowest BCUT2D eigenvalue weighted by atomic mass is 9.93. The smallest absolute Gasteiger partial charge is 0.246 e. The summed E-state index contributed by atoms with van der Waals surface area (Å²) >= 11 is 0. The first kappa shape index (κ1) is 20.0. The number of benzene rings is 2. The number of allylic oxidation sites excluding steroid dienone is 4. The molecule has 152 valence electrons. The Balaban J connectivity index is 1.74. The van der Waals surface area contributed by atoms with Crippen molar-refractivity contribution in [3.63, 3.8) is 0 Å². The Hall–Kier alpha value is -2.28. The van der Waals surface area contributed by atoms with Crippen molar-refractivity contribution in [3.05, 3.63) is 89.8 Å². The standard InChI is InChI=1S/C23H24FNO3S/c24-22-12-6-7-13-23(22)29(26,27)25-15-19-10-4-5-11-20(19)16-28-17-21(25)14-18-8-2-1-3-9-18/h1-8,10-13,18,21H,9,14-17H2. The summed E-state index contributed by atoms with van der Waals surface area (Å²) in [6, 6.07) is 12.8. The average Bonchev–Trinajstić information content (AvgIpc) is 2.71. The monoisotopic (exact) mass is 413 g/mol. The Labute approximate surface area is 171 Å². The van der Waals surface area contributed by atoms with Crippen LogP contribution in [0.4, 0.5) is 4.39 Å². The molecule has 4 nitrogen and oxygen atoms in total. The first-order valence-electron chi connectivity index (χ1n) is 9.80. The molecular formula is C23H24FNO3S. The molecule has 0 bridgehead atoms. The van der Waals surface area contributed by atoms with Crippen molar-refractivity contribution < 1.29 is 17.5 Å². The van der Waals surface area contributed by atoms with Crippen LogP contribution >= 0.6 is 0 Å². The second kappa shape index (κ2) is 8.61. The van der Waals surface area contributed by atoms with E-state index in [1.54, 1.807) is 6.07 Å². The van der Waals surface area contributed by atoms with Gasteiger partial charge in [0, 0.05) is 12.6 Å². The average molecular weight is 414 g/mol. The Morgan fingerprint density at radius 3 is 2.55 bits per heavy atom. The lowest BCUT2D eigenvalue weighted by molar-refractivity contribution is 0.0604. The van der Waals surface area contributed by atoms with Crippen LogP contribution < -0.4 is 0 Å². The molecule has 0 saturated heterocycles. The normalized spacial score (nSPS) is 22.7. The molecule has 2 aliphatic rings. The van der Waals surface area contributed by atoms with Crippen molar-refractivity contribution in [2.24, 2.45) is 5.92 Å². The van der Waals surface area contributed by atoms with Gasteiger partial charge < -0.3 is 4.74 Å². The molecule has 1 aliphatic carbocycles. The number of halogens is 1. The van der Waals surface area contributed by atoms with Crippen molar-refractivity contribution in [1.29, 1.82) is 0 Å². The van der Waals surface area contributed by atoms with E-state index >= 15 is 0 Å². The maximum Gasteiger partial charge on any atom is 0.246 e. The third-order valence-electron chi connectivity index (χ3n) is 5.49. The molecule has 29 heavy (non-hydrogen) atoms. The van der Waals surface area contributed by atoms with Gasteiger partial charge in [-0.3, -0.25) is 0 Å². The fourth-order valence-corrected chi connectivity index (χ4v) is 5.61. The third-order valence-corrected chi connectivity index (χ3v) is 7.42. The van der Waals surface area contributed by atoms with Crippen molar-refractivity contribution in [1.82, 2.24) is 4.31 Å².